The highest BCUT2D eigenvalue weighted by Crippen LogP contribution is 2.24. The van der Waals surface area contributed by atoms with Crippen LogP contribution in [0.25, 0.3) is 0 Å². The summed E-state index contributed by atoms with van der Waals surface area (Å²) in [6.07, 6.45) is -2.49. The first-order chi connectivity index (χ1) is 7.02. The van der Waals surface area contributed by atoms with Gasteiger partial charge in [-0.3, -0.25) is 9.69 Å². The third-order valence-corrected chi connectivity index (χ3v) is 2.68. The number of aliphatic hydroxyl groups is 4. The van der Waals surface area contributed by atoms with E-state index in [1.807, 2.05) is 0 Å². The normalized spacial score (nSPS) is 37.1. The number of likely N-dealkylation sites (tertiary alicyclic amines) is 1. The second-order valence-electron chi connectivity index (χ2n) is 3.55. The van der Waals surface area contributed by atoms with E-state index < -0.39 is 50.0 Å². The highest BCUT2D eigenvalue weighted by Gasteiger charge is 2.47. The Morgan fingerprint density at radius 2 is 1.47 bits per heavy atom. The fourth-order valence-corrected chi connectivity index (χ4v) is 1.91. The molecule has 5 N–H and O–H groups in total. The summed E-state index contributed by atoms with van der Waals surface area (Å²) in [5.74, 6) is -1.15. The zero-order chi connectivity index (χ0) is 11.6. The zero-order valence-electron chi connectivity index (χ0n) is 8.02. The van der Waals surface area contributed by atoms with Gasteiger partial charge in [-0.25, -0.2) is 0 Å². The van der Waals surface area contributed by atoms with Gasteiger partial charge in [-0.15, -0.1) is 0 Å². The van der Waals surface area contributed by atoms with E-state index in [1.54, 1.807) is 0 Å². The molecule has 1 aliphatic rings. The van der Waals surface area contributed by atoms with Crippen LogP contribution in [0.4, 0.5) is 0 Å². The largest absolute Gasteiger partial charge is 0.480 e. The first-order valence-electron chi connectivity index (χ1n) is 4.58. The highest BCUT2D eigenvalue weighted by atomic mass is 16.4. The van der Waals surface area contributed by atoms with Gasteiger partial charge in [0, 0.05) is 0 Å². The smallest absolute Gasteiger partial charge is 0.317 e. The zero-order valence-corrected chi connectivity index (χ0v) is 8.02. The molecule has 0 spiro atoms. The minimum absolute atomic E-state index is 0.440. The van der Waals surface area contributed by atoms with Crippen molar-refractivity contribution in [3.8, 4) is 0 Å². The van der Waals surface area contributed by atoms with Gasteiger partial charge in [0.25, 0.3) is 0 Å². The Kier molecular flexibility index (Phi) is 4.00. The second-order valence-corrected chi connectivity index (χ2v) is 3.55. The number of hydrogen-bond donors (Lipinski definition) is 5. The van der Waals surface area contributed by atoms with Crippen molar-refractivity contribution in [3.63, 3.8) is 0 Å². The van der Waals surface area contributed by atoms with Crippen LogP contribution in [0.15, 0.2) is 0 Å². The van der Waals surface area contributed by atoms with Crippen molar-refractivity contribution >= 4 is 5.97 Å². The van der Waals surface area contributed by atoms with E-state index in [-0.39, 0.29) is 0 Å². The maximum absolute atomic E-state index is 10.5. The molecule has 1 rings (SSSR count). The molecule has 15 heavy (non-hydrogen) atoms. The molecule has 1 saturated heterocycles. The summed E-state index contributed by atoms with van der Waals surface area (Å²) in [5.41, 5.74) is 0. The molecule has 0 bridgehead atoms. The molecular weight excluding hydrogens is 206 g/mol. The number of nitrogens with zero attached hydrogens (tertiary/aromatic N) is 1. The van der Waals surface area contributed by atoms with Gasteiger partial charge in [-0.1, -0.05) is 0 Å². The first kappa shape index (κ1) is 12.3. The number of rotatable bonds is 4. The number of carbonyl (C=O) groups is 1. The third kappa shape index (κ3) is 2.27. The highest BCUT2D eigenvalue weighted by molar-refractivity contribution is 5.69. The van der Waals surface area contributed by atoms with Crippen molar-refractivity contribution in [1.82, 2.24) is 4.90 Å². The van der Waals surface area contributed by atoms with E-state index in [0.29, 0.717) is 0 Å². The van der Waals surface area contributed by atoms with Crippen molar-refractivity contribution in [3.05, 3.63) is 0 Å². The van der Waals surface area contributed by atoms with Crippen LogP contribution in [0.2, 0.25) is 0 Å². The van der Waals surface area contributed by atoms with E-state index in [4.69, 9.17) is 15.3 Å². The molecule has 7 heteroatoms. The van der Waals surface area contributed by atoms with Crippen molar-refractivity contribution in [2.24, 2.45) is 0 Å². The fourth-order valence-electron chi connectivity index (χ4n) is 1.91. The fraction of sp³-hybridized carbons (Fsp3) is 0.875. The summed E-state index contributed by atoms with van der Waals surface area (Å²) in [5, 5.41) is 45.5. The SMILES string of the molecule is O=C(O)CN1[C@H](CO)[C@H](O)[C@H](O)[C@@H]1CO. The molecule has 0 unspecified atom stereocenters. The maximum Gasteiger partial charge on any atom is 0.317 e. The second kappa shape index (κ2) is 4.86. The average Bonchev–Trinajstić information content (AvgIpc) is 2.38. The number of carboxylic acids is 1. The molecule has 4 atom stereocenters. The number of aliphatic hydroxyl groups excluding tert-OH is 4. The minimum Gasteiger partial charge on any atom is -0.480 e. The number of carboxylic acid groups (broad SMARTS) is 1. The lowest BCUT2D eigenvalue weighted by atomic mass is 10.1. The van der Waals surface area contributed by atoms with Crippen LogP contribution in [0.3, 0.4) is 0 Å². The monoisotopic (exact) mass is 221 g/mol. The molecule has 0 aromatic heterocycles. The van der Waals surface area contributed by atoms with Gasteiger partial charge in [0.15, 0.2) is 0 Å². The standard InChI is InChI=1S/C8H15NO6/c10-2-4-7(14)8(15)5(3-11)9(4)1-6(12)13/h4-5,7-8,10-11,14-15H,1-3H2,(H,12,13)/t4-,5+,7+,8-. The van der Waals surface area contributed by atoms with Crippen LogP contribution in [0, 0.1) is 0 Å². The molecule has 1 heterocycles. The molecule has 1 fully saturated rings. The Morgan fingerprint density at radius 3 is 1.73 bits per heavy atom. The number of hydrogen-bond acceptors (Lipinski definition) is 6. The molecule has 0 aromatic rings. The molecule has 1 aliphatic heterocycles. The van der Waals surface area contributed by atoms with E-state index in [1.165, 1.54) is 4.90 Å². The third-order valence-electron chi connectivity index (χ3n) is 2.68. The first-order valence-corrected chi connectivity index (χ1v) is 4.58. The van der Waals surface area contributed by atoms with E-state index in [2.05, 4.69) is 0 Å². The van der Waals surface area contributed by atoms with Crippen molar-refractivity contribution in [2.45, 2.75) is 24.3 Å². The van der Waals surface area contributed by atoms with Crippen molar-refractivity contribution < 1.29 is 30.3 Å². The van der Waals surface area contributed by atoms with Crippen molar-refractivity contribution in [2.75, 3.05) is 19.8 Å². The molecule has 88 valence electrons. The molecule has 0 radical (unpaired) electrons. The Bertz CT molecular complexity index is 219. The van der Waals surface area contributed by atoms with Crippen LogP contribution in [-0.2, 0) is 4.79 Å². The van der Waals surface area contributed by atoms with Gasteiger partial charge >= 0.3 is 5.97 Å². The Morgan fingerprint density at radius 1 is 1.07 bits per heavy atom. The van der Waals surface area contributed by atoms with E-state index >= 15 is 0 Å². The molecule has 7 nitrogen and oxygen atoms in total. The predicted octanol–water partition coefficient (Wildman–Crippen LogP) is -3.17. The van der Waals surface area contributed by atoms with Crippen LogP contribution >= 0.6 is 0 Å². The lowest BCUT2D eigenvalue weighted by molar-refractivity contribution is -0.139. The maximum atomic E-state index is 10.5. The predicted molar refractivity (Wildman–Crippen MR) is 48.1 cm³/mol. The topological polar surface area (TPSA) is 121 Å². The molecular formula is C8H15NO6. The summed E-state index contributed by atoms with van der Waals surface area (Å²) in [6.45, 7) is -1.38. The number of aliphatic carboxylic acids is 1. The van der Waals surface area contributed by atoms with Crippen LogP contribution < -0.4 is 0 Å². The molecule has 0 amide bonds. The molecule has 0 saturated carbocycles. The lowest BCUT2D eigenvalue weighted by Gasteiger charge is -2.26. The van der Waals surface area contributed by atoms with Gasteiger partial charge in [0.1, 0.15) is 0 Å². The Balaban J connectivity index is 2.82. The lowest BCUT2D eigenvalue weighted by Crippen LogP contribution is -2.45. The molecule has 0 aliphatic carbocycles. The van der Waals surface area contributed by atoms with E-state index in [9.17, 15) is 15.0 Å². The molecule has 0 aromatic carbocycles. The van der Waals surface area contributed by atoms with E-state index in [0.717, 1.165) is 0 Å². The van der Waals surface area contributed by atoms with Crippen molar-refractivity contribution in [1.29, 1.82) is 0 Å². The average molecular weight is 221 g/mol. The van der Waals surface area contributed by atoms with Gasteiger partial charge in [-0.05, 0) is 0 Å². The van der Waals surface area contributed by atoms with Crippen LogP contribution in [0.1, 0.15) is 0 Å². The van der Waals surface area contributed by atoms with Gasteiger partial charge in [-0.2, -0.15) is 0 Å². The van der Waals surface area contributed by atoms with Crippen LogP contribution in [-0.4, -0.2) is 80.5 Å². The quantitative estimate of drug-likeness (QED) is 0.339. The Hall–Kier alpha value is -0.730. The minimum atomic E-state index is -1.24. The van der Waals surface area contributed by atoms with Gasteiger partial charge < -0.3 is 25.5 Å². The summed E-state index contributed by atoms with van der Waals surface area (Å²) in [4.78, 5) is 11.7. The summed E-state index contributed by atoms with van der Waals surface area (Å²) < 4.78 is 0. The summed E-state index contributed by atoms with van der Waals surface area (Å²) >= 11 is 0. The van der Waals surface area contributed by atoms with Gasteiger partial charge in [0.05, 0.1) is 44.1 Å². The summed E-state index contributed by atoms with van der Waals surface area (Å²) in [7, 11) is 0. The van der Waals surface area contributed by atoms with Crippen LogP contribution in [0.5, 0.6) is 0 Å². The Labute approximate surface area is 86.2 Å². The summed E-state index contributed by atoms with van der Waals surface area (Å²) in [6, 6.07) is -1.71. The van der Waals surface area contributed by atoms with Gasteiger partial charge in [0.2, 0.25) is 0 Å².